The molecule has 4 aromatic heterocycles. The van der Waals surface area contributed by atoms with E-state index in [-0.39, 0.29) is 17.6 Å². The van der Waals surface area contributed by atoms with Crippen LogP contribution in [-0.4, -0.2) is 48.3 Å². The fourth-order valence-corrected chi connectivity index (χ4v) is 3.76. The first-order valence-corrected chi connectivity index (χ1v) is 10.6. The smallest absolute Gasteiger partial charge is 0.291 e. The van der Waals surface area contributed by atoms with Crippen molar-refractivity contribution in [2.45, 2.75) is 19.9 Å². The molecule has 5 aromatic rings. The molecule has 0 aliphatic rings. The highest BCUT2D eigenvalue weighted by Gasteiger charge is 2.20. The Labute approximate surface area is 194 Å². The molecule has 0 atom stereocenters. The normalized spacial score (nSPS) is 11.3. The molecule has 2 N–H and O–H groups in total. The number of H-pyrrole nitrogens is 1. The standard InChI is InChI=1S/C24H21N7O3/c1-13(2)31-11-18(17-10-26-12-27-23(17)31)21(32)14-6-15(9-25-8-14)28-24(33)22-29-19-5-4-16(34-3)7-20(19)30-22/h4-13H,1-3H3,(H,28,33)(H,29,30). The maximum atomic E-state index is 13.3. The summed E-state index contributed by atoms with van der Waals surface area (Å²) >= 11 is 0. The number of imidazole rings is 1. The zero-order valence-electron chi connectivity index (χ0n) is 18.7. The third kappa shape index (κ3) is 3.75. The molecule has 34 heavy (non-hydrogen) atoms. The molecule has 0 saturated heterocycles. The van der Waals surface area contributed by atoms with Gasteiger partial charge in [-0.2, -0.15) is 0 Å². The Balaban J connectivity index is 1.42. The van der Waals surface area contributed by atoms with Crippen LogP contribution in [0, 0.1) is 0 Å². The Hall–Kier alpha value is -4.60. The number of fused-ring (bicyclic) bond motifs is 2. The minimum absolute atomic E-state index is 0.117. The van der Waals surface area contributed by atoms with Crippen LogP contribution in [0.5, 0.6) is 5.75 Å². The second-order valence-electron chi connectivity index (χ2n) is 8.02. The number of aromatic nitrogens is 6. The van der Waals surface area contributed by atoms with Crippen molar-refractivity contribution in [3.05, 3.63) is 72.3 Å². The fraction of sp³-hybridized carbons (Fsp3) is 0.167. The lowest BCUT2D eigenvalue weighted by Crippen LogP contribution is -2.14. The summed E-state index contributed by atoms with van der Waals surface area (Å²) in [7, 11) is 1.57. The number of carbonyl (C=O) groups excluding carboxylic acids is 2. The number of methoxy groups -OCH3 is 1. The number of benzene rings is 1. The van der Waals surface area contributed by atoms with Crippen LogP contribution < -0.4 is 10.1 Å². The Kier molecular flexibility index (Phi) is 5.25. The first kappa shape index (κ1) is 21.3. The van der Waals surface area contributed by atoms with Crippen LogP contribution in [0.15, 0.2) is 55.4 Å². The van der Waals surface area contributed by atoms with Crippen molar-refractivity contribution in [3.63, 3.8) is 0 Å². The number of nitrogens with one attached hydrogen (secondary N) is 2. The van der Waals surface area contributed by atoms with E-state index in [1.165, 1.54) is 18.7 Å². The Morgan fingerprint density at radius 3 is 2.76 bits per heavy atom. The van der Waals surface area contributed by atoms with Gasteiger partial charge in [-0.05, 0) is 32.0 Å². The highest BCUT2D eigenvalue weighted by atomic mass is 16.5. The van der Waals surface area contributed by atoms with Gasteiger partial charge in [-0.15, -0.1) is 0 Å². The van der Waals surface area contributed by atoms with Gasteiger partial charge in [0.25, 0.3) is 5.91 Å². The number of anilines is 1. The number of ketones is 1. The van der Waals surface area contributed by atoms with E-state index >= 15 is 0 Å². The first-order chi connectivity index (χ1) is 16.4. The molecular formula is C24H21N7O3. The molecule has 4 heterocycles. The molecule has 10 heteroatoms. The Bertz CT molecular complexity index is 1550. The number of rotatable bonds is 6. The lowest BCUT2D eigenvalue weighted by atomic mass is 10.1. The summed E-state index contributed by atoms with van der Waals surface area (Å²) < 4.78 is 7.13. The fourth-order valence-electron chi connectivity index (χ4n) is 3.76. The average molecular weight is 455 g/mol. The van der Waals surface area contributed by atoms with Crippen LogP contribution in [0.25, 0.3) is 22.1 Å². The molecule has 1 aromatic carbocycles. The lowest BCUT2D eigenvalue weighted by molar-refractivity contribution is 0.101. The first-order valence-electron chi connectivity index (χ1n) is 10.6. The van der Waals surface area contributed by atoms with E-state index in [4.69, 9.17) is 4.74 Å². The van der Waals surface area contributed by atoms with Crippen LogP contribution in [0.4, 0.5) is 5.69 Å². The van der Waals surface area contributed by atoms with Gasteiger partial charge in [0.15, 0.2) is 11.6 Å². The molecule has 0 fully saturated rings. The third-order valence-corrected chi connectivity index (χ3v) is 5.46. The molecule has 1 amide bonds. The van der Waals surface area contributed by atoms with E-state index in [0.29, 0.717) is 44.6 Å². The minimum Gasteiger partial charge on any atom is -0.497 e. The maximum Gasteiger partial charge on any atom is 0.291 e. The average Bonchev–Trinajstić information content (AvgIpc) is 3.45. The van der Waals surface area contributed by atoms with Crippen LogP contribution in [0.1, 0.15) is 46.4 Å². The zero-order valence-corrected chi connectivity index (χ0v) is 18.7. The van der Waals surface area contributed by atoms with E-state index < -0.39 is 5.91 Å². The van der Waals surface area contributed by atoms with Gasteiger partial charge < -0.3 is 19.6 Å². The largest absolute Gasteiger partial charge is 0.497 e. The summed E-state index contributed by atoms with van der Waals surface area (Å²) in [6, 6.07) is 7.00. The molecule has 0 aliphatic heterocycles. The van der Waals surface area contributed by atoms with Crippen molar-refractivity contribution in [2.24, 2.45) is 0 Å². The predicted molar refractivity (Wildman–Crippen MR) is 126 cm³/mol. The minimum atomic E-state index is -0.452. The molecule has 0 spiro atoms. The van der Waals surface area contributed by atoms with Crippen LogP contribution in [0.3, 0.4) is 0 Å². The number of nitrogens with zero attached hydrogens (tertiary/aromatic N) is 5. The topological polar surface area (TPSA) is 128 Å². The molecule has 0 unspecified atom stereocenters. The van der Waals surface area contributed by atoms with Gasteiger partial charge in [0.05, 0.1) is 35.6 Å². The van der Waals surface area contributed by atoms with Crippen molar-refractivity contribution in [1.82, 2.24) is 29.5 Å². The summed E-state index contributed by atoms with van der Waals surface area (Å²) in [5, 5.41) is 3.41. The van der Waals surface area contributed by atoms with Gasteiger partial charge in [-0.25, -0.2) is 15.0 Å². The molecule has 0 bridgehead atoms. The number of ether oxygens (including phenoxy) is 1. The van der Waals surface area contributed by atoms with E-state index in [9.17, 15) is 9.59 Å². The molecule has 0 saturated carbocycles. The van der Waals surface area contributed by atoms with E-state index in [1.54, 1.807) is 43.8 Å². The summed E-state index contributed by atoms with van der Waals surface area (Å²) in [4.78, 5) is 45.9. The molecule has 10 nitrogen and oxygen atoms in total. The number of aromatic amines is 1. The Morgan fingerprint density at radius 2 is 1.97 bits per heavy atom. The number of hydrogen-bond donors (Lipinski definition) is 2. The van der Waals surface area contributed by atoms with Crippen molar-refractivity contribution >= 4 is 39.4 Å². The highest BCUT2D eigenvalue weighted by Crippen LogP contribution is 2.25. The van der Waals surface area contributed by atoms with Gasteiger partial charge >= 0.3 is 0 Å². The van der Waals surface area contributed by atoms with E-state index in [1.807, 2.05) is 18.4 Å². The van der Waals surface area contributed by atoms with E-state index in [0.717, 1.165) is 0 Å². The van der Waals surface area contributed by atoms with Crippen LogP contribution in [-0.2, 0) is 0 Å². The van der Waals surface area contributed by atoms with Gasteiger partial charge in [-0.1, -0.05) is 0 Å². The molecule has 0 aliphatic carbocycles. The van der Waals surface area contributed by atoms with Crippen molar-refractivity contribution in [1.29, 1.82) is 0 Å². The SMILES string of the molecule is COc1ccc2nc(C(=O)Nc3cncc(C(=O)c4cn(C(C)C)c5ncncc45)c3)[nH]c2c1. The van der Waals surface area contributed by atoms with E-state index in [2.05, 4.69) is 30.2 Å². The summed E-state index contributed by atoms with van der Waals surface area (Å²) in [6.07, 6.45) is 7.81. The summed E-state index contributed by atoms with van der Waals surface area (Å²) in [6.45, 7) is 4.03. The van der Waals surface area contributed by atoms with Crippen molar-refractivity contribution in [3.8, 4) is 5.75 Å². The van der Waals surface area contributed by atoms with Gasteiger partial charge in [-0.3, -0.25) is 14.6 Å². The number of pyridine rings is 1. The molecule has 5 rings (SSSR count). The Morgan fingerprint density at radius 1 is 1.12 bits per heavy atom. The maximum absolute atomic E-state index is 13.3. The second-order valence-corrected chi connectivity index (χ2v) is 8.02. The predicted octanol–water partition coefficient (Wildman–Crippen LogP) is 3.78. The third-order valence-electron chi connectivity index (χ3n) is 5.46. The summed E-state index contributed by atoms with van der Waals surface area (Å²) in [5.74, 6) is 0.102. The van der Waals surface area contributed by atoms with Gasteiger partial charge in [0.2, 0.25) is 0 Å². The molecule has 0 radical (unpaired) electrons. The zero-order chi connectivity index (χ0) is 23.8. The quantitative estimate of drug-likeness (QED) is 0.373. The van der Waals surface area contributed by atoms with Crippen LogP contribution in [0.2, 0.25) is 0 Å². The van der Waals surface area contributed by atoms with Crippen molar-refractivity contribution < 1.29 is 14.3 Å². The summed E-state index contributed by atoms with van der Waals surface area (Å²) in [5.41, 5.74) is 3.18. The number of carbonyl (C=O) groups is 2. The monoisotopic (exact) mass is 455 g/mol. The van der Waals surface area contributed by atoms with Crippen molar-refractivity contribution in [2.75, 3.05) is 12.4 Å². The van der Waals surface area contributed by atoms with Gasteiger partial charge in [0, 0.05) is 41.6 Å². The van der Waals surface area contributed by atoms with Gasteiger partial charge in [0.1, 0.15) is 17.7 Å². The number of hydrogen-bond acceptors (Lipinski definition) is 7. The second kappa shape index (κ2) is 8.39. The number of amides is 1. The van der Waals surface area contributed by atoms with Crippen LogP contribution >= 0.6 is 0 Å². The lowest BCUT2D eigenvalue weighted by Gasteiger charge is -2.07. The highest BCUT2D eigenvalue weighted by molar-refractivity contribution is 6.16. The molecular weight excluding hydrogens is 434 g/mol. The molecule has 170 valence electrons.